The topological polar surface area (TPSA) is 111 Å². The molecule has 0 N–H and O–H groups in total. The molecule has 0 aliphatic heterocycles. The van der Waals surface area contributed by atoms with Crippen LogP contribution in [0.5, 0.6) is 0 Å². The summed E-state index contributed by atoms with van der Waals surface area (Å²) in [6.45, 7) is 4.23. The number of carbonyl (C=O) groups excluding carboxylic acids is 2. The second-order valence-corrected chi connectivity index (χ2v) is 17.1. The number of hydrogen-bond donors (Lipinski definition) is 0. The number of nitrogens with zero attached hydrogens (tertiary/aromatic N) is 1. The first-order valence-corrected chi connectivity index (χ1v) is 22.7. The van der Waals surface area contributed by atoms with E-state index in [1.165, 1.54) is 135 Å². The number of phosphoric ester groups is 1. The van der Waals surface area contributed by atoms with Gasteiger partial charge in [0, 0.05) is 12.8 Å². The Labute approximate surface area is 314 Å². The van der Waals surface area contributed by atoms with Crippen LogP contribution < -0.4 is 4.89 Å². The molecule has 0 heterocycles. The van der Waals surface area contributed by atoms with E-state index in [2.05, 4.69) is 13.8 Å². The van der Waals surface area contributed by atoms with Gasteiger partial charge in [0.2, 0.25) is 0 Å². The highest BCUT2D eigenvalue weighted by Crippen LogP contribution is 2.38. The van der Waals surface area contributed by atoms with Crippen molar-refractivity contribution in [1.29, 1.82) is 0 Å². The van der Waals surface area contributed by atoms with E-state index < -0.39 is 26.5 Å². The summed E-state index contributed by atoms with van der Waals surface area (Å²) in [7, 11) is 1.18. The van der Waals surface area contributed by atoms with Gasteiger partial charge in [-0.05, 0) is 12.8 Å². The number of quaternary nitrogens is 1. The van der Waals surface area contributed by atoms with Gasteiger partial charge in [-0.2, -0.15) is 0 Å². The third-order valence-electron chi connectivity index (χ3n) is 9.38. The zero-order chi connectivity index (χ0) is 37.9. The van der Waals surface area contributed by atoms with Crippen LogP contribution in [-0.4, -0.2) is 70.0 Å². The Balaban J connectivity index is 4.27. The van der Waals surface area contributed by atoms with Gasteiger partial charge in [0.1, 0.15) is 19.8 Å². The first-order chi connectivity index (χ1) is 24.5. The third-order valence-corrected chi connectivity index (χ3v) is 10.3. The number of rotatable bonds is 39. The SMILES string of the molecule is CCCCCCCCCCCCCCCCCCCCC(=O)OC(COC(=O)CCCCCCCCCCC)COP(=O)([O-])OCC[N+](C)(C)C. The van der Waals surface area contributed by atoms with Gasteiger partial charge >= 0.3 is 11.9 Å². The Morgan fingerprint density at radius 1 is 0.529 bits per heavy atom. The molecule has 0 amide bonds. The Kier molecular flexibility index (Phi) is 34.1. The monoisotopic (exact) mass is 748 g/mol. The second kappa shape index (κ2) is 34.8. The van der Waals surface area contributed by atoms with E-state index in [9.17, 15) is 19.0 Å². The molecule has 0 spiro atoms. The van der Waals surface area contributed by atoms with Crippen LogP contribution in [-0.2, 0) is 32.7 Å². The fourth-order valence-electron chi connectivity index (χ4n) is 6.01. The lowest BCUT2D eigenvalue weighted by Gasteiger charge is -2.28. The summed E-state index contributed by atoms with van der Waals surface area (Å²) in [5.74, 6) is -0.825. The standard InChI is InChI=1S/C41H82NO8P/c1-6-8-10-12-14-16-17-18-19-20-21-22-23-24-26-28-30-32-34-41(44)50-39(38-49-51(45,46)48-36-35-42(3,4)5)37-47-40(43)33-31-29-27-25-15-13-11-9-7-2/h39H,6-38H2,1-5H3. The van der Waals surface area contributed by atoms with Crippen molar-refractivity contribution in [3.8, 4) is 0 Å². The van der Waals surface area contributed by atoms with Crippen LogP contribution in [0.1, 0.15) is 200 Å². The second-order valence-electron chi connectivity index (χ2n) is 15.7. The highest BCUT2D eigenvalue weighted by atomic mass is 31.2. The summed E-state index contributed by atoms with van der Waals surface area (Å²) in [6, 6.07) is 0. The van der Waals surface area contributed by atoms with Crippen LogP contribution >= 0.6 is 7.82 Å². The van der Waals surface area contributed by atoms with Crippen LogP contribution in [0.4, 0.5) is 0 Å². The van der Waals surface area contributed by atoms with Crippen LogP contribution in [0, 0.1) is 0 Å². The zero-order valence-electron chi connectivity index (χ0n) is 34.1. The van der Waals surface area contributed by atoms with Crippen molar-refractivity contribution in [2.24, 2.45) is 0 Å². The van der Waals surface area contributed by atoms with Gasteiger partial charge in [-0.25, -0.2) is 0 Å². The summed E-state index contributed by atoms with van der Waals surface area (Å²) in [5.41, 5.74) is 0. The van der Waals surface area contributed by atoms with Gasteiger partial charge in [-0.15, -0.1) is 0 Å². The lowest BCUT2D eigenvalue weighted by Crippen LogP contribution is -2.37. The first-order valence-electron chi connectivity index (χ1n) is 21.2. The van der Waals surface area contributed by atoms with E-state index in [-0.39, 0.29) is 32.0 Å². The van der Waals surface area contributed by atoms with E-state index in [0.717, 1.165) is 32.1 Å². The van der Waals surface area contributed by atoms with Crippen LogP contribution in [0.15, 0.2) is 0 Å². The number of carbonyl (C=O) groups is 2. The van der Waals surface area contributed by atoms with Crippen molar-refractivity contribution in [3.63, 3.8) is 0 Å². The van der Waals surface area contributed by atoms with Crippen molar-refractivity contribution < 1.29 is 42.1 Å². The fraction of sp³-hybridized carbons (Fsp3) is 0.951. The van der Waals surface area contributed by atoms with Gasteiger partial charge in [-0.1, -0.05) is 174 Å². The maximum atomic E-state index is 12.6. The number of ether oxygens (including phenoxy) is 2. The molecule has 0 saturated carbocycles. The molecule has 0 aliphatic rings. The van der Waals surface area contributed by atoms with E-state index in [1.54, 1.807) is 0 Å². The molecule has 0 aliphatic carbocycles. The van der Waals surface area contributed by atoms with Crippen LogP contribution in [0.2, 0.25) is 0 Å². The molecule has 304 valence electrons. The average molecular weight is 748 g/mol. The lowest BCUT2D eigenvalue weighted by atomic mass is 10.0. The summed E-state index contributed by atoms with van der Waals surface area (Å²) in [5, 5.41) is 0. The smallest absolute Gasteiger partial charge is 0.306 e. The lowest BCUT2D eigenvalue weighted by molar-refractivity contribution is -0.870. The Morgan fingerprint density at radius 3 is 1.25 bits per heavy atom. The van der Waals surface area contributed by atoms with Crippen molar-refractivity contribution in [2.75, 3.05) is 47.5 Å². The number of likely N-dealkylation sites (N-methyl/N-ethyl adjacent to an activating group) is 1. The molecule has 0 fully saturated rings. The molecule has 0 bridgehead atoms. The fourth-order valence-corrected chi connectivity index (χ4v) is 6.74. The maximum Gasteiger partial charge on any atom is 0.306 e. The Morgan fingerprint density at radius 2 is 0.882 bits per heavy atom. The van der Waals surface area contributed by atoms with Crippen molar-refractivity contribution >= 4 is 19.8 Å². The minimum absolute atomic E-state index is 0.0260. The predicted molar refractivity (Wildman–Crippen MR) is 208 cm³/mol. The van der Waals surface area contributed by atoms with Crippen LogP contribution in [0.3, 0.4) is 0 Å². The molecule has 0 saturated heterocycles. The Bertz CT molecular complexity index is 850. The quantitative estimate of drug-likeness (QED) is 0.0264. The van der Waals surface area contributed by atoms with Crippen molar-refractivity contribution in [2.45, 2.75) is 206 Å². The van der Waals surface area contributed by atoms with Gasteiger partial charge in [0.25, 0.3) is 7.82 Å². The van der Waals surface area contributed by atoms with E-state index in [0.29, 0.717) is 17.4 Å². The highest BCUT2D eigenvalue weighted by Gasteiger charge is 2.21. The molecule has 0 aromatic rings. The largest absolute Gasteiger partial charge is 0.756 e. The molecule has 0 aromatic carbocycles. The molecule has 2 atom stereocenters. The number of phosphoric acid groups is 1. The third kappa shape index (κ3) is 38.5. The van der Waals surface area contributed by atoms with Gasteiger partial charge in [0.05, 0.1) is 27.7 Å². The molecule has 2 unspecified atom stereocenters. The number of hydrogen-bond acceptors (Lipinski definition) is 8. The number of unbranched alkanes of at least 4 members (excludes halogenated alkanes) is 25. The Hall–Kier alpha value is -0.990. The number of esters is 2. The maximum absolute atomic E-state index is 12.6. The summed E-state index contributed by atoms with van der Waals surface area (Å²) < 4.78 is 33.8. The average Bonchev–Trinajstić information content (AvgIpc) is 3.07. The van der Waals surface area contributed by atoms with Crippen molar-refractivity contribution in [1.82, 2.24) is 0 Å². The molecule has 0 rings (SSSR count). The van der Waals surface area contributed by atoms with E-state index in [4.69, 9.17) is 18.5 Å². The predicted octanol–water partition coefficient (Wildman–Crippen LogP) is 11.0. The first kappa shape index (κ1) is 50.0. The molecular formula is C41H82NO8P. The molecule has 10 heteroatoms. The minimum atomic E-state index is -4.61. The highest BCUT2D eigenvalue weighted by molar-refractivity contribution is 7.45. The van der Waals surface area contributed by atoms with E-state index >= 15 is 0 Å². The van der Waals surface area contributed by atoms with Crippen molar-refractivity contribution in [3.05, 3.63) is 0 Å². The minimum Gasteiger partial charge on any atom is -0.756 e. The van der Waals surface area contributed by atoms with Gasteiger partial charge in [-0.3, -0.25) is 14.2 Å². The van der Waals surface area contributed by atoms with Gasteiger partial charge in [0.15, 0.2) is 6.10 Å². The molecule has 0 radical (unpaired) electrons. The summed E-state index contributed by atoms with van der Waals surface area (Å²) in [6.07, 6.45) is 32.7. The van der Waals surface area contributed by atoms with Crippen LogP contribution in [0.25, 0.3) is 0 Å². The molecule has 0 aromatic heterocycles. The zero-order valence-corrected chi connectivity index (χ0v) is 35.0. The summed E-state index contributed by atoms with van der Waals surface area (Å²) in [4.78, 5) is 37.3. The molecular weight excluding hydrogens is 665 g/mol. The molecule has 51 heavy (non-hydrogen) atoms. The normalized spacial score (nSPS) is 13.6. The summed E-state index contributed by atoms with van der Waals surface area (Å²) >= 11 is 0. The van der Waals surface area contributed by atoms with Gasteiger partial charge < -0.3 is 27.9 Å². The molecule has 9 nitrogen and oxygen atoms in total. The van der Waals surface area contributed by atoms with E-state index in [1.807, 2.05) is 21.1 Å².